The predicted octanol–water partition coefficient (Wildman–Crippen LogP) is 4.50. The highest BCUT2D eigenvalue weighted by Crippen LogP contribution is 2.25. The van der Waals surface area contributed by atoms with Gasteiger partial charge in [-0.3, -0.25) is 4.98 Å². The molecule has 106 valence electrons. The van der Waals surface area contributed by atoms with Crippen molar-refractivity contribution in [3.05, 3.63) is 76.4 Å². The van der Waals surface area contributed by atoms with Gasteiger partial charge in [-0.05, 0) is 42.8 Å². The van der Waals surface area contributed by atoms with E-state index < -0.39 is 0 Å². The Bertz CT molecular complexity index is 732. The highest BCUT2D eigenvalue weighted by atomic mass is 79.9. The number of aromatic nitrogens is 1. The zero-order valence-corrected chi connectivity index (χ0v) is 13.5. The lowest BCUT2D eigenvalue weighted by molar-refractivity contribution is 0.595. The summed E-state index contributed by atoms with van der Waals surface area (Å²) in [6, 6.07) is 19.2. The van der Waals surface area contributed by atoms with Crippen molar-refractivity contribution in [1.29, 1.82) is 0 Å². The molecule has 1 unspecified atom stereocenters. The maximum absolute atomic E-state index is 4.56. The molecule has 0 radical (unpaired) electrons. The lowest BCUT2D eigenvalue weighted by atomic mass is 9.97. The number of nitrogens with zero attached hydrogens (tertiary/aromatic N) is 1. The van der Waals surface area contributed by atoms with Gasteiger partial charge in [-0.25, -0.2) is 0 Å². The molecule has 3 heteroatoms. The first kappa shape index (κ1) is 14.2. The molecule has 21 heavy (non-hydrogen) atoms. The van der Waals surface area contributed by atoms with Gasteiger partial charge in [-0.2, -0.15) is 0 Å². The van der Waals surface area contributed by atoms with Crippen molar-refractivity contribution in [2.75, 3.05) is 7.05 Å². The Labute approximate surface area is 133 Å². The number of benzene rings is 2. The largest absolute Gasteiger partial charge is 0.313 e. The average Bonchev–Trinajstić information content (AvgIpc) is 2.54. The fraction of sp³-hybridized carbons (Fsp3) is 0.167. The van der Waals surface area contributed by atoms with Crippen molar-refractivity contribution in [3.63, 3.8) is 0 Å². The minimum atomic E-state index is 0.254. The third-order valence-electron chi connectivity index (χ3n) is 3.74. The number of pyridine rings is 1. The van der Waals surface area contributed by atoms with Crippen LogP contribution in [0.3, 0.4) is 0 Å². The Kier molecular flexibility index (Phi) is 4.32. The fourth-order valence-corrected chi connectivity index (χ4v) is 2.90. The molecule has 0 saturated carbocycles. The van der Waals surface area contributed by atoms with E-state index in [2.05, 4.69) is 74.8 Å². The first-order valence-corrected chi connectivity index (χ1v) is 7.82. The molecule has 0 aliphatic rings. The van der Waals surface area contributed by atoms with E-state index in [4.69, 9.17) is 0 Å². The molecule has 1 N–H and O–H groups in total. The topological polar surface area (TPSA) is 24.9 Å². The molecule has 1 aromatic heterocycles. The number of hydrogen-bond donors (Lipinski definition) is 1. The van der Waals surface area contributed by atoms with Crippen molar-refractivity contribution in [1.82, 2.24) is 10.3 Å². The van der Waals surface area contributed by atoms with E-state index in [0.717, 1.165) is 16.4 Å². The molecule has 3 aromatic rings. The molecule has 0 fully saturated rings. The number of para-hydroxylation sites is 1. The molecule has 0 spiro atoms. The van der Waals surface area contributed by atoms with Crippen LogP contribution in [-0.4, -0.2) is 12.0 Å². The third-order valence-corrected chi connectivity index (χ3v) is 4.27. The highest BCUT2D eigenvalue weighted by molar-refractivity contribution is 9.10. The summed E-state index contributed by atoms with van der Waals surface area (Å²) in [7, 11) is 2.01. The maximum atomic E-state index is 4.56. The van der Waals surface area contributed by atoms with Crippen LogP contribution in [0, 0.1) is 0 Å². The number of halogens is 1. The van der Waals surface area contributed by atoms with Gasteiger partial charge in [-0.1, -0.05) is 52.3 Å². The number of rotatable bonds is 4. The van der Waals surface area contributed by atoms with Crippen LogP contribution in [0.25, 0.3) is 10.9 Å². The summed E-state index contributed by atoms with van der Waals surface area (Å²) >= 11 is 3.48. The molecule has 3 rings (SSSR count). The SMILES string of the molecule is CNC(Cc1ccc(Br)cc1)c1cccc2cccnc12. The van der Waals surface area contributed by atoms with Crippen LogP contribution >= 0.6 is 15.9 Å². The molecule has 0 bridgehead atoms. The summed E-state index contributed by atoms with van der Waals surface area (Å²) in [4.78, 5) is 4.56. The number of hydrogen-bond acceptors (Lipinski definition) is 2. The third kappa shape index (κ3) is 3.14. The van der Waals surface area contributed by atoms with Gasteiger partial charge < -0.3 is 5.32 Å². The number of likely N-dealkylation sites (N-methyl/N-ethyl adjacent to an activating group) is 1. The highest BCUT2D eigenvalue weighted by Gasteiger charge is 2.13. The van der Waals surface area contributed by atoms with Crippen LogP contribution in [0.1, 0.15) is 17.2 Å². The van der Waals surface area contributed by atoms with Gasteiger partial charge in [0.15, 0.2) is 0 Å². The van der Waals surface area contributed by atoms with E-state index in [1.54, 1.807) is 0 Å². The summed E-state index contributed by atoms with van der Waals surface area (Å²) < 4.78 is 1.11. The predicted molar refractivity (Wildman–Crippen MR) is 91.4 cm³/mol. The summed E-state index contributed by atoms with van der Waals surface area (Å²) in [6.45, 7) is 0. The molecule has 0 saturated heterocycles. The van der Waals surface area contributed by atoms with Gasteiger partial charge in [0, 0.05) is 22.1 Å². The zero-order valence-electron chi connectivity index (χ0n) is 11.9. The van der Waals surface area contributed by atoms with E-state index >= 15 is 0 Å². The van der Waals surface area contributed by atoms with Crippen molar-refractivity contribution in [2.45, 2.75) is 12.5 Å². The van der Waals surface area contributed by atoms with Crippen molar-refractivity contribution in [2.24, 2.45) is 0 Å². The minimum Gasteiger partial charge on any atom is -0.313 e. The second kappa shape index (κ2) is 6.37. The Morgan fingerprint density at radius 1 is 1.05 bits per heavy atom. The van der Waals surface area contributed by atoms with Gasteiger partial charge >= 0.3 is 0 Å². The van der Waals surface area contributed by atoms with Gasteiger partial charge in [0.2, 0.25) is 0 Å². The smallest absolute Gasteiger partial charge is 0.0749 e. The quantitative estimate of drug-likeness (QED) is 0.756. The molecule has 2 nitrogen and oxygen atoms in total. The van der Waals surface area contributed by atoms with Gasteiger partial charge in [-0.15, -0.1) is 0 Å². The number of nitrogens with one attached hydrogen (secondary N) is 1. The lowest BCUT2D eigenvalue weighted by Crippen LogP contribution is -2.19. The van der Waals surface area contributed by atoms with E-state index in [9.17, 15) is 0 Å². The van der Waals surface area contributed by atoms with Gasteiger partial charge in [0.05, 0.1) is 5.52 Å². The lowest BCUT2D eigenvalue weighted by Gasteiger charge is -2.18. The summed E-state index contributed by atoms with van der Waals surface area (Å²) in [5, 5.41) is 4.61. The van der Waals surface area contributed by atoms with Crippen LogP contribution in [0.5, 0.6) is 0 Å². The summed E-state index contributed by atoms with van der Waals surface area (Å²) in [5.74, 6) is 0. The van der Waals surface area contributed by atoms with Crippen molar-refractivity contribution >= 4 is 26.8 Å². The second-order valence-electron chi connectivity index (χ2n) is 5.09. The molecule has 1 atom stereocenters. The summed E-state index contributed by atoms with van der Waals surface area (Å²) in [6.07, 6.45) is 2.80. The monoisotopic (exact) mass is 340 g/mol. The minimum absolute atomic E-state index is 0.254. The average molecular weight is 341 g/mol. The van der Waals surface area contributed by atoms with Crippen LogP contribution in [0.4, 0.5) is 0 Å². The first-order valence-electron chi connectivity index (χ1n) is 7.03. The van der Waals surface area contributed by atoms with E-state index in [0.29, 0.717) is 0 Å². The van der Waals surface area contributed by atoms with Crippen LogP contribution in [-0.2, 0) is 6.42 Å². The molecule has 2 aromatic carbocycles. The maximum Gasteiger partial charge on any atom is 0.0749 e. The molecule has 0 aliphatic heterocycles. The molecule has 1 heterocycles. The fourth-order valence-electron chi connectivity index (χ4n) is 2.63. The molecule has 0 amide bonds. The van der Waals surface area contributed by atoms with Gasteiger partial charge in [0.25, 0.3) is 0 Å². The van der Waals surface area contributed by atoms with Crippen molar-refractivity contribution < 1.29 is 0 Å². The van der Waals surface area contributed by atoms with Crippen LogP contribution < -0.4 is 5.32 Å². The van der Waals surface area contributed by atoms with Crippen LogP contribution in [0.2, 0.25) is 0 Å². The summed E-state index contributed by atoms with van der Waals surface area (Å²) in [5.41, 5.74) is 3.64. The molecular formula is C18H17BrN2. The molecular weight excluding hydrogens is 324 g/mol. The van der Waals surface area contributed by atoms with E-state index in [1.807, 2.05) is 19.3 Å². The molecule has 0 aliphatic carbocycles. The van der Waals surface area contributed by atoms with Crippen molar-refractivity contribution in [3.8, 4) is 0 Å². The Balaban J connectivity index is 1.96. The number of fused-ring (bicyclic) bond motifs is 1. The standard InChI is InChI=1S/C18H17BrN2/c1-20-17(12-13-7-9-15(19)10-8-13)16-6-2-4-14-5-3-11-21-18(14)16/h2-11,17,20H,12H2,1H3. The Morgan fingerprint density at radius 3 is 2.57 bits per heavy atom. The van der Waals surface area contributed by atoms with Crippen LogP contribution in [0.15, 0.2) is 65.3 Å². The Hall–Kier alpha value is -1.71. The zero-order chi connectivity index (χ0) is 14.7. The second-order valence-corrected chi connectivity index (χ2v) is 6.01. The van der Waals surface area contributed by atoms with E-state index in [1.165, 1.54) is 16.5 Å². The van der Waals surface area contributed by atoms with E-state index in [-0.39, 0.29) is 6.04 Å². The first-order chi connectivity index (χ1) is 10.3. The normalized spacial score (nSPS) is 12.5. The van der Waals surface area contributed by atoms with Gasteiger partial charge in [0.1, 0.15) is 0 Å². The Morgan fingerprint density at radius 2 is 1.81 bits per heavy atom.